The summed E-state index contributed by atoms with van der Waals surface area (Å²) in [6.07, 6.45) is 4.12. The van der Waals surface area contributed by atoms with E-state index in [1.165, 1.54) is 6.07 Å². The molecule has 1 N–H and O–H groups in total. The Morgan fingerprint density at radius 1 is 1.31 bits per heavy atom. The summed E-state index contributed by atoms with van der Waals surface area (Å²) in [5.74, 6) is 0.0880. The lowest BCUT2D eigenvalue weighted by atomic mass is 9.78. The molecule has 0 saturated carbocycles. The molecule has 0 unspecified atom stereocenters. The van der Waals surface area contributed by atoms with Gasteiger partial charge < -0.3 is 15.0 Å². The minimum Gasteiger partial charge on any atom is -0.377 e. The van der Waals surface area contributed by atoms with Crippen LogP contribution in [0.2, 0.25) is 0 Å². The van der Waals surface area contributed by atoms with Gasteiger partial charge >= 0.3 is 6.03 Å². The third kappa shape index (κ3) is 4.37. The highest BCUT2D eigenvalue weighted by Crippen LogP contribution is 2.35. The number of amides is 2. The fraction of sp³-hybridized carbons (Fsp3) is 0.667. The van der Waals surface area contributed by atoms with E-state index in [0.29, 0.717) is 12.5 Å². The van der Waals surface area contributed by atoms with Gasteiger partial charge in [0.1, 0.15) is 5.82 Å². The standard InChI is InChI=1S/C21H31FN2O2/c1-21(2,3)19-16(8-6-12-26-19)14-23-20(25)24-11-5-10-18(24)15-7-4-9-17(22)13-15/h4,7,9,13,16,18-19H,5-6,8,10-12,14H2,1-3H3,(H,23,25)/t16-,18+,19-/m1/s1. The van der Waals surface area contributed by atoms with Crippen molar-refractivity contribution in [3.8, 4) is 0 Å². The van der Waals surface area contributed by atoms with E-state index in [-0.39, 0.29) is 29.4 Å². The molecule has 1 aromatic rings. The first-order valence-electron chi connectivity index (χ1n) is 9.78. The van der Waals surface area contributed by atoms with Crippen LogP contribution in [0, 0.1) is 17.2 Å². The minimum absolute atomic E-state index is 0.0354. The Balaban J connectivity index is 1.62. The molecule has 0 radical (unpaired) electrons. The van der Waals surface area contributed by atoms with E-state index in [1.54, 1.807) is 12.1 Å². The van der Waals surface area contributed by atoms with Gasteiger partial charge in [-0.3, -0.25) is 0 Å². The van der Waals surface area contributed by atoms with Crippen molar-refractivity contribution in [2.24, 2.45) is 11.3 Å². The highest BCUT2D eigenvalue weighted by molar-refractivity contribution is 5.75. The minimum atomic E-state index is -0.248. The molecule has 2 amide bonds. The Kier molecular flexibility index (Phi) is 5.86. The lowest BCUT2D eigenvalue weighted by Gasteiger charge is -2.40. The van der Waals surface area contributed by atoms with Crippen LogP contribution in [0.25, 0.3) is 0 Å². The van der Waals surface area contributed by atoms with Gasteiger partial charge in [0.05, 0.1) is 12.1 Å². The van der Waals surface area contributed by atoms with Crippen LogP contribution in [0.3, 0.4) is 0 Å². The zero-order valence-electron chi connectivity index (χ0n) is 16.1. The van der Waals surface area contributed by atoms with E-state index >= 15 is 0 Å². The Morgan fingerprint density at radius 2 is 2.12 bits per heavy atom. The molecular weight excluding hydrogens is 331 g/mol. The van der Waals surface area contributed by atoms with E-state index in [9.17, 15) is 9.18 Å². The van der Waals surface area contributed by atoms with Crippen LogP contribution in [0.1, 0.15) is 58.1 Å². The number of hydrogen-bond donors (Lipinski definition) is 1. The zero-order chi connectivity index (χ0) is 18.7. The van der Waals surface area contributed by atoms with E-state index in [2.05, 4.69) is 26.1 Å². The van der Waals surface area contributed by atoms with Gasteiger partial charge in [-0.25, -0.2) is 9.18 Å². The zero-order valence-corrected chi connectivity index (χ0v) is 16.1. The average Bonchev–Trinajstić information content (AvgIpc) is 3.09. The number of halogens is 1. The van der Waals surface area contributed by atoms with Crippen molar-refractivity contribution in [2.75, 3.05) is 19.7 Å². The van der Waals surface area contributed by atoms with Crippen LogP contribution >= 0.6 is 0 Å². The molecule has 2 aliphatic rings. The first kappa shape index (κ1) is 19.2. The number of benzene rings is 1. The molecule has 26 heavy (non-hydrogen) atoms. The van der Waals surface area contributed by atoms with Crippen molar-refractivity contribution in [3.05, 3.63) is 35.6 Å². The van der Waals surface area contributed by atoms with Crippen molar-refractivity contribution in [3.63, 3.8) is 0 Å². The molecule has 2 fully saturated rings. The molecule has 0 aromatic heterocycles. The lowest BCUT2D eigenvalue weighted by Crippen LogP contribution is -2.47. The van der Waals surface area contributed by atoms with E-state index in [4.69, 9.17) is 4.74 Å². The summed E-state index contributed by atoms with van der Waals surface area (Å²) in [4.78, 5) is 14.6. The second-order valence-corrected chi connectivity index (χ2v) is 8.65. The van der Waals surface area contributed by atoms with E-state index < -0.39 is 0 Å². The summed E-state index contributed by atoms with van der Waals surface area (Å²) >= 11 is 0. The third-order valence-electron chi connectivity index (χ3n) is 5.56. The van der Waals surface area contributed by atoms with Crippen LogP contribution in [-0.2, 0) is 4.74 Å². The maximum atomic E-state index is 13.6. The maximum absolute atomic E-state index is 13.6. The van der Waals surface area contributed by atoms with E-state index in [1.807, 2.05) is 11.0 Å². The fourth-order valence-corrected chi connectivity index (χ4v) is 4.40. The molecular formula is C21H31FN2O2. The number of nitrogens with one attached hydrogen (secondary N) is 1. The van der Waals surface area contributed by atoms with Gasteiger partial charge in [0, 0.05) is 25.6 Å². The molecule has 3 rings (SSSR count). The van der Waals surface area contributed by atoms with Gasteiger partial charge in [-0.2, -0.15) is 0 Å². The van der Waals surface area contributed by atoms with Crippen LogP contribution in [-0.4, -0.2) is 36.7 Å². The lowest BCUT2D eigenvalue weighted by molar-refractivity contribution is -0.0839. The van der Waals surface area contributed by atoms with Crippen molar-refractivity contribution in [1.29, 1.82) is 0 Å². The quantitative estimate of drug-likeness (QED) is 0.859. The number of rotatable bonds is 3. The van der Waals surface area contributed by atoms with E-state index in [0.717, 1.165) is 44.4 Å². The number of carbonyl (C=O) groups excluding carboxylic acids is 1. The summed E-state index contributed by atoms with van der Waals surface area (Å²) in [6, 6.07) is 6.53. The number of nitrogens with zero attached hydrogens (tertiary/aromatic N) is 1. The molecule has 3 atom stereocenters. The largest absolute Gasteiger partial charge is 0.377 e. The van der Waals surface area contributed by atoms with Gasteiger partial charge in [-0.15, -0.1) is 0 Å². The molecule has 0 bridgehead atoms. The molecule has 0 aliphatic carbocycles. The van der Waals surface area contributed by atoms with Gasteiger partial charge in [-0.1, -0.05) is 32.9 Å². The first-order chi connectivity index (χ1) is 12.4. The van der Waals surface area contributed by atoms with Crippen molar-refractivity contribution in [2.45, 2.75) is 58.6 Å². The molecule has 144 valence electrons. The number of urea groups is 1. The predicted molar refractivity (Wildman–Crippen MR) is 100 cm³/mol. The first-order valence-corrected chi connectivity index (χ1v) is 9.78. The monoisotopic (exact) mass is 362 g/mol. The maximum Gasteiger partial charge on any atom is 0.317 e. The van der Waals surface area contributed by atoms with Crippen LogP contribution in [0.15, 0.2) is 24.3 Å². The van der Waals surface area contributed by atoms with Crippen molar-refractivity contribution >= 4 is 6.03 Å². The highest BCUT2D eigenvalue weighted by Gasteiger charge is 2.36. The van der Waals surface area contributed by atoms with Crippen LogP contribution in [0.5, 0.6) is 0 Å². The molecule has 2 saturated heterocycles. The second-order valence-electron chi connectivity index (χ2n) is 8.65. The SMILES string of the molecule is CC(C)(C)[C@@H]1OCCC[C@@H]1CNC(=O)N1CCC[C@H]1c1cccc(F)c1. The smallest absolute Gasteiger partial charge is 0.317 e. The van der Waals surface area contributed by atoms with Gasteiger partial charge in [0.25, 0.3) is 0 Å². The third-order valence-corrected chi connectivity index (χ3v) is 5.56. The highest BCUT2D eigenvalue weighted by atomic mass is 19.1. The molecule has 1 aromatic carbocycles. The normalized spacial score (nSPS) is 26.8. The number of likely N-dealkylation sites (tertiary alicyclic amines) is 1. The topological polar surface area (TPSA) is 41.6 Å². The van der Waals surface area contributed by atoms with Crippen LogP contribution in [0.4, 0.5) is 9.18 Å². The Morgan fingerprint density at radius 3 is 2.85 bits per heavy atom. The Labute approximate surface area is 156 Å². The summed E-state index contributed by atoms with van der Waals surface area (Å²) in [5, 5.41) is 3.12. The van der Waals surface area contributed by atoms with Gasteiger partial charge in [0.15, 0.2) is 0 Å². The van der Waals surface area contributed by atoms with Crippen molar-refractivity contribution < 1.29 is 13.9 Å². The summed E-state index contributed by atoms with van der Waals surface area (Å²) in [5.41, 5.74) is 0.944. The fourth-order valence-electron chi connectivity index (χ4n) is 4.40. The molecule has 5 heteroatoms. The van der Waals surface area contributed by atoms with Crippen LogP contribution < -0.4 is 5.32 Å². The molecule has 2 aliphatic heterocycles. The van der Waals surface area contributed by atoms with Crippen molar-refractivity contribution in [1.82, 2.24) is 10.2 Å². The predicted octanol–water partition coefficient (Wildman–Crippen LogP) is 4.51. The Hall–Kier alpha value is -1.62. The summed E-state index contributed by atoms with van der Waals surface area (Å²) < 4.78 is 19.6. The Bertz CT molecular complexity index is 629. The molecule has 0 spiro atoms. The average molecular weight is 362 g/mol. The van der Waals surface area contributed by atoms with Gasteiger partial charge in [-0.05, 0) is 48.8 Å². The number of hydrogen-bond acceptors (Lipinski definition) is 2. The number of carbonyl (C=O) groups is 1. The number of ether oxygens (including phenoxy) is 1. The summed E-state index contributed by atoms with van der Waals surface area (Å²) in [6.45, 7) is 8.74. The molecule has 2 heterocycles. The van der Waals surface area contributed by atoms with Gasteiger partial charge in [0.2, 0.25) is 0 Å². The molecule has 4 nitrogen and oxygen atoms in total. The summed E-state index contributed by atoms with van der Waals surface area (Å²) in [7, 11) is 0. The second kappa shape index (κ2) is 7.95.